The number of nitrogens with one attached hydrogen (secondary N) is 1. The summed E-state index contributed by atoms with van der Waals surface area (Å²) < 4.78 is 0. The van der Waals surface area contributed by atoms with Crippen molar-refractivity contribution < 1.29 is 9.90 Å². The highest BCUT2D eigenvalue weighted by atomic mass is 16.3. The van der Waals surface area contributed by atoms with Crippen molar-refractivity contribution in [3.05, 3.63) is 65.0 Å². The summed E-state index contributed by atoms with van der Waals surface area (Å²) in [6, 6.07) is 11.2. The van der Waals surface area contributed by atoms with Gasteiger partial charge in [0.1, 0.15) is 0 Å². The Morgan fingerprint density at radius 2 is 1.81 bits per heavy atom. The Hall–Kier alpha value is -2.24. The lowest BCUT2D eigenvalue weighted by molar-refractivity contribution is 0.0916. The number of aliphatic hydroxyl groups excluding tert-OH is 1. The van der Waals surface area contributed by atoms with Crippen LogP contribution in [0.1, 0.15) is 54.9 Å². The van der Waals surface area contributed by atoms with E-state index in [1.54, 1.807) is 18.3 Å². The van der Waals surface area contributed by atoms with Gasteiger partial charge in [0.05, 0.1) is 17.4 Å². The summed E-state index contributed by atoms with van der Waals surface area (Å²) in [5, 5.41) is 13.6. The van der Waals surface area contributed by atoms with Crippen LogP contribution >= 0.6 is 0 Å². The number of aromatic nitrogens is 1. The minimum Gasteiger partial charge on any atom is -0.391 e. The normalized spacial score (nSPS) is 13.9. The molecule has 0 aliphatic rings. The maximum absolute atomic E-state index is 12.5. The number of nitrogens with two attached hydrogens (primary N) is 1. The zero-order valence-corrected chi connectivity index (χ0v) is 16.7. The zero-order valence-electron chi connectivity index (χ0n) is 16.7. The number of pyridine rings is 1. The third-order valence-electron chi connectivity index (χ3n) is 4.48. The van der Waals surface area contributed by atoms with E-state index >= 15 is 0 Å². The Bertz CT molecular complexity index is 768. The van der Waals surface area contributed by atoms with Crippen LogP contribution in [0.15, 0.2) is 42.6 Å². The van der Waals surface area contributed by atoms with E-state index < -0.39 is 12.1 Å². The molecule has 1 heterocycles. The van der Waals surface area contributed by atoms with Gasteiger partial charge in [-0.3, -0.25) is 9.78 Å². The van der Waals surface area contributed by atoms with Crippen LogP contribution in [0.25, 0.3) is 0 Å². The average molecular weight is 370 g/mol. The molecule has 2 atom stereocenters. The topological polar surface area (TPSA) is 88.2 Å². The standard InChI is InChI=1S/C22H31N3O2/c1-5-15-9-6-7-10-16(15)13-18(23)20(26)14-19-17(11-8-12-24-19)21(27)25-22(2,3)4/h6-12,18,20,26H,5,13-14,23H2,1-4H3,(H,25,27)/t18-,20+/m1/s1. The van der Waals surface area contributed by atoms with E-state index in [-0.39, 0.29) is 17.9 Å². The first-order valence-corrected chi connectivity index (χ1v) is 9.48. The molecule has 0 saturated carbocycles. The summed E-state index contributed by atoms with van der Waals surface area (Å²) in [6.45, 7) is 7.89. The van der Waals surface area contributed by atoms with E-state index in [2.05, 4.69) is 23.3 Å². The first-order valence-electron chi connectivity index (χ1n) is 9.48. The van der Waals surface area contributed by atoms with Crippen molar-refractivity contribution in [3.63, 3.8) is 0 Å². The summed E-state index contributed by atoms with van der Waals surface area (Å²) in [6.07, 6.45) is 2.60. The van der Waals surface area contributed by atoms with Gasteiger partial charge in [0.15, 0.2) is 0 Å². The van der Waals surface area contributed by atoms with Crippen LogP contribution in [0.4, 0.5) is 0 Å². The highest BCUT2D eigenvalue weighted by Gasteiger charge is 2.23. The van der Waals surface area contributed by atoms with Crippen LogP contribution < -0.4 is 11.1 Å². The van der Waals surface area contributed by atoms with Crippen molar-refractivity contribution >= 4 is 5.91 Å². The molecule has 5 heteroatoms. The number of nitrogens with zero attached hydrogens (tertiary/aromatic N) is 1. The molecule has 0 aliphatic carbocycles. The molecule has 1 aromatic carbocycles. The Morgan fingerprint density at radius 1 is 1.15 bits per heavy atom. The van der Waals surface area contributed by atoms with Crippen LogP contribution in [0.5, 0.6) is 0 Å². The molecule has 0 unspecified atom stereocenters. The maximum atomic E-state index is 12.5. The van der Waals surface area contributed by atoms with Gasteiger partial charge in [-0.05, 0) is 56.9 Å². The second-order valence-corrected chi connectivity index (χ2v) is 7.96. The number of carbonyl (C=O) groups excluding carboxylic acids is 1. The number of aliphatic hydroxyl groups is 1. The second-order valence-electron chi connectivity index (χ2n) is 7.96. The molecule has 5 nitrogen and oxygen atoms in total. The molecule has 0 fully saturated rings. The summed E-state index contributed by atoms with van der Waals surface area (Å²) in [5.74, 6) is -0.192. The molecule has 0 radical (unpaired) electrons. The minimum absolute atomic E-state index is 0.192. The van der Waals surface area contributed by atoms with Crippen molar-refractivity contribution in [2.75, 3.05) is 0 Å². The molecule has 0 bridgehead atoms. The quantitative estimate of drug-likeness (QED) is 0.700. The van der Waals surface area contributed by atoms with E-state index in [0.717, 1.165) is 12.0 Å². The Morgan fingerprint density at radius 3 is 2.44 bits per heavy atom. The monoisotopic (exact) mass is 369 g/mol. The van der Waals surface area contributed by atoms with Gasteiger partial charge in [-0.25, -0.2) is 0 Å². The number of amides is 1. The maximum Gasteiger partial charge on any atom is 0.253 e. The van der Waals surface area contributed by atoms with Crippen LogP contribution in [0.2, 0.25) is 0 Å². The van der Waals surface area contributed by atoms with Crippen LogP contribution in [0.3, 0.4) is 0 Å². The molecule has 2 aromatic rings. The summed E-state index contributed by atoms with van der Waals surface area (Å²) >= 11 is 0. The fraction of sp³-hybridized carbons (Fsp3) is 0.455. The second kappa shape index (κ2) is 9.11. The zero-order chi connectivity index (χ0) is 20.0. The van der Waals surface area contributed by atoms with Gasteiger partial charge in [-0.1, -0.05) is 31.2 Å². The molecular weight excluding hydrogens is 338 g/mol. The van der Waals surface area contributed by atoms with Gasteiger partial charge in [0.2, 0.25) is 0 Å². The van der Waals surface area contributed by atoms with Crippen molar-refractivity contribution in [3.8, 4) is 0 Å². The molecule has 4 N–H and O–H groups in total. The SMILES string of the molecule is CCc1ccccc1C[C@@H](N)[C@@H](O)Cc1ncccc1C(=O)NC(C)(C)C. The summed E-state index contributed by atoms with van der Waals surface area (Å²) in [4.78, 5) is 16.9. The van der Waals surface area contributed by atoms with Crippen LogP contribution in [0, 0.1) is 0 Å². The van der Waals surface area contributed by atoms with Crippen molar-refractivity contribution in [1.29, 1.82) is 0 Å². The smallest absolute Gasteiger partial charge is 0.253 e. The number of aryl methyl sites for hydroxylation is 1. The fourth-order valence-electron chi connectivity index (χ4n) is 3.06. The van der Waals surface area contributed by atoms with Crippen molar-refractivity contribution in [2.24, 2.45) is 5.73 Å². The average Bonchev–Trinajstić information content (AvgIpc) is 2.61. The molecule has 0 aliphatic heterocycles. The van der Waals surface area contributed by atoms with Crippen molar-refractivity contribution in [1.82, 2.24) is 10.3 Å². The predicted molar refractivity (Wildman–Crippen MR) is 109 cm³/mol. The predicted octanol–water partition coefficient (Wildman–Crippen LogP) is 2.65. The van der Waals surface area contributed by atoms with Crippen LogP contribution in [-0.2, 0) is 19.3 Å². The molecule has 1 amide bonds. The Kier molecular flexibility index (Phi) is 7.11. The highest BCUT2D eigenvalue weighted by Crippen LogP contribution is 2.16. The molecule has 27 heavy (non-hydrogen) atoms. The highest BCUT2D eigenvalue weighted by molar-refractivity contribution is 5.95. The van der Waals surface area contributed by atoms with Gasteiger partial charge in [-0.2, -0.15) is 0 Å². The Balaban J connectivity index is 2.11. The summed E-state index contributed by atoms with van der Waals surface area (Å²) in [7, 11) is 0. The third kappa shape index (κ3) is 6.15. The van der Waals surface area contributed by atoms with E-state index in [1.807, 2.05) is 39.0 Å². The lowest BCUT2D eigenvalue weighted by atomic mass is 9.94. The van der Waals surface area contributed by atoms with Gasteiger partial charge >= 0.3 is 0 Å². The number of benzene rings is 1. The number of hydrogen-bond acceptors (Lipinski definition) is 4. The molecule has 0 spiro atoms. The molecule has 2 rings (SSSR count). The lowest BCUT2D eigenvalue weighted by Gasteiger charge is -2.23. The minimum atomic E-state index is -0.786. The van der Waals surface area contributed by atoms with E-state index in [4.69, 9.17) is 5.73 Å². The molecule has 146 valence electrons. The fourth-order valence-corrected chi connectivity index (χ4v) is 3.06. The number of carbonyl (C=O) groups is 1. The molecular formula is C22H31N3O2. The van der Waals surface area contributed by atoms with Crippen molar-refractivity contribution in [2.45, 2.75) is 64.6 Å². The first kappa shape index (κ1) is 21.1. The lowest BCUT2D eigenvalue weighted by Crippen LogP contribution is -2.42. The van der Waals surface area contributed by atoms with Gasteiger partial charge < -0.3 is 16.2 Å². The Labute approximate surface area is 162 Å². The van der Waals surface area contributed by atoms with E-state index in [9.17, 15) is 9.90 Å². The first-order chi connectivity index (χ1) is 12.7. The number of rotatable bonds is 7. The van der Waals surface area contributed by atoms with Gasteiger partial charge in [-0.15, -0.1) is 0 Å². The largest absolute Gasteiger partial charge is 0.391 e. The number of hydrogen-bond donors (Lipinski definition) is 3. The molecule has 1 aromatic heterocycles. The summed E-state index contributed by atoms with van der Waals surface area (Å²) in [5.41, 5.74) is 9.36. The van der Waals surface area contributed by atoms with E-state index in [1.165, 1.54) is 5.56 Å². The van der Waals surface area contributed by atoms with E-state index in [0.29, 0.717) is 17.7 Å². The van der Waals surface area contributed by atoms with Gasteiger partial charge in [0, 0.05) is 24.2 Å². The van der Waals surface area contributed by atoms with Crippen LogP contribution in [-0.4, -0.2) is 33.7 Å². The third-order valence-corrected chi connectivity index (χ3v) is 4.48. The molecule has 0 saturated heterocycles. The van der Waals surface area contributed by atoms with Gasteiger partial charge in [0.25, 0.3) is 5.91 Å².